The minimum Gasteiger partial charge on any atom is -0.494 e. The van der Waals surface area contributed by atoms with Gasteiger partial charge in [-0.1, -0.05) is 253 Å². The van der Waals surface area contributed by atoms with Crippen molar-refractivity contribution in [1.82, 2.24) is 4.98 Å². The van der Waals surface area contributed by atoms with E-state index in [4.69, 9.17) is 23.9 Å². The third-order valence-electron chi connectivity index (χ3n) is 16.3. The second-order valence-electron chi connectivity index (χ2n) is 23.9. The number of pyridine rings is 1. The number of unbranched alkanes of at least 4 members (excludes halogenated alkanes) is 12. The number of esters is 2. The summed E-state index contributed by atoms with van der Waals surface area (Å²) in [5.41, 5.74) is 14.7. The van der Waals surface area contributed by atoms with Crippen molar-refractivity contribution >= 4 is 41.3 Å². The van der Waals surface area contributed by atoms with Gasteiger partial charge in [0.15, 0.2) is 0 Å². The Kier molecular flexibility index (Phi) is 34.9. The van der Waals surface area contributed by atoms with Gasteiger partial charge in [-0.05, 0) is 125 Å². The van der Waals surface area contributed by atoms with Crippen LogP contribution in [0.2, 0.25) is 0 Å². The van der Waals surface area contributed by atoms with E-state index in [0.29, 0.717) is 12.8 Å². The van der Waals surface area contributed by atoms with Crippen LogP contribution >= 0.6 is 0 Å². The van der Waals surface area contributed by atoms with Gasteiger partial charge in [-0.2, -0.15) is 29.5 Å². The Balaban J connectivity index is 0.000000288. The van der Waals surface area contributed by atoms with Crippen molar-refractivity contribution in [2.45, 2.75) is 175 Å². The topological polar surface area (TPSA) is 87.0 Å². The van der Waals surface area contributed by atoms with E-state index in [1.165, 1.54) is 111 Å². The van der Waals surface area contributed by atoms with E-state index in [9.17, 15) is 9.59 Å². The summed E-state index contributed by atoms with van der Waals surface area (Å²) >= 11 is 0. The van der Waals surface area contributed by atoms with Gasteiger partial charge in [-0.15, -0.1) is 23.3 Å². The summed E-state index contributed by atoms with van der Waals surface area (Å²) in [5, 5.41) is 1.21. The van der Waals surface area contributed by atoms with Gasteiger partial charge in [0.2, 0.25) is 0 Å². The maximum Gasteiger partial charge on any atom is 0.306 e. The third kappa shape index (κ3) is 25.7. The molecule has 1 aliphatic heterocycles. The van der Waals surface area contributed by atoms with Crippen molar-refractivity contribution < 1.29 is 54.2 Å². The van der Waals surface area contributed by atoms with Crippen LogP contribution in [0.5, 0.6) is 11.5 Å². The molecule has 0 saturated heterocycles. The van der Waals surface area contributed by atoms with Gasteiger partial charge in [0.25, 0.3) is 0 Å². The van der Waals surface area contributed by atoms with Gasteiger partial charge in [-0.3, -0.25) is 9.59 Å². The Morgan fingerprint density at radius 2 is 1.00 bits per heavy atom. The van der Waals surface area contributed by atoms with E-state index in [0.717, 1.165) is 114 Å². The molecule has 0 amide bonds. The predicted molar refractivity (Wildman–Crippen MR) is 387 cm³/mol. The van der Waals surface area contributed by atoms with Gasteiger partial charge in [-0.25, -0.2) is 0 Å². The fourth-order valence-corrected chi connectivity index (χ4v) is 11.3. The van der Waals surface area contributed by atoms with Crippen molar-refractivity contribution in [3.63, 3.8) is 0 Å². The Labute approximate surface area is 573 Å². The molecule has 7 aromatic rings. The second kappa shape index (κ2) is 43.0. The van der Waals surface area contributed by atoms with E-state index in [1.54, 1.807) is 24.3 Å². The summed E-state index contributed by atoms with van der Waals surface area (Å²) in [5.74, 6) is 4.33. The molecule has 8 rings (SSSR count). The van der Waals surface area contributed by atoms with Gasteiger partial charge in [0.05, 0.1) is 32.2 Å². The molecule has 496 valence electrons. The van der Waals surface area contributed by atoms with Crippen molar-refractivity contribution in [1.29, 1.82) is 0 Å². The molecule has 0 unspecified atom stereocenters. The molecule has 6 aromatic carbocycles. The molecule has 0 radical (unpaired) electrons. The number of carbonyl (C=O) groups is 2. The van der Waals surface area contributed by atoms with Crippen LogP contribution in [-0.2, 0) is 40.1 Å². The monoisotopic (exact) mass is 1430 g/mol. The first-order valence-electron chi connectivity index (χ1n) is 33.7. The van der Waals surface area contributed by atoms with Crippen LogP contribution in [0.25, 0.3) is 50.4 Å². The Morgan fingerprint density at radius 3 is 1.47 bits per heavy atom. The van der Waals surface area contributed by atoms with Gasteiger partial charge >= 0.3 is 11.9 Å². The van der Waals surface area contributed by atoms with Gasteiger partial charge in [0.1, 0.15) is 23.7 Å². The molecule has 0 saturated carbocycles. The van der Waals surface area contributed by atoms with Crippen LogP contribution in [-0.4, -0.2) is 53.6 Å². The van der Waals surface area contributed by atoms with Crippen LogP contribution in [0.4, 0.5) is 5.69 Å². The van der Waals surface area contributed by atoms with Gasteiger partial charge < -0.3 is 28.5 Å². The van der Waals surface area contributed by atoms with E-state index in [-0.39, 0.29) is 45.2 Å². The van der Waals surface area contributed by atoms with Crippen molar-refractivity contribution in [2.24, 2.45) is 0 Å². The Morgan fingerprint density at radius 1 is 0.548 bits per heavy atom. The van der Waals surface area contributed by atoms with E-state index in [2.05, 4.69) is 195 Å². The summed E-state index contributed by atoms with van der Waals surface area (Å²) in [6.07, 6.45) is 32.5. The predicted octanol–water partition coefficient (Wildman–Crippen LogP) is 22.5. The van der Waals surface area contributed by atoms with Crippen molar-refractivity contribution in [3.8, 4) is 44.9 Å². The molecule has 0 fully saturated rings. The molecule has 2 heterocycles. The summed E-state index contributed by atoms with van der Waals surface area (Å²) < 4.78 is 24.3. The number of nitrogens with zero attached hydrogens (tertiary/aromatic N) is 2. The number of aromatic nitrogens is 1. The zero-order valence-corrected chi connectivity index (χ0v) is 58.6. The SMILES string of the molecule is C=CC(C=C)OC(=O)CCCCCCCCCOc1ccc(-c2ccc(-c3ccnc4c([C-](CCC)CCC)cccc34)cc2)cc1.C=CC(C=C)OC(=O)CCCCCCCCCOc1ccc(-c2ccccc2)cc1.C=[N+]1[CH-]C=Cc2cc(C)cc([C-](C)C)c21.[Pt]. The number of fused-ring (bicyclic) bond motifs is 2. The number of carbonyl (C=O) groups excluding carboxylic acids is 2. The van der Waals surface area contributed by atoms with Crippen LogP contribution in [0.1, 0.15) is 178 Å². The summed E-state index contributed by atoms with van der Waals surface area (Å²) in [6, 6.07) is 49.1. The van der Waals surface area contributed by atoms with Crippen LogP contribution in [0, 0.1) is 25.3 Å². The largest absolute Gasteiger partial charge is 0.494 e. The molecule has 0 atom stereocenters. The molecule has 1 aliphatic rings. The maximum atomic E-state index is 11.8. The fourth-order valence-electron chi connectivity index (χ4n) is 11.3. The summed E-state index contributed by atoms with van der Waals surface area (Å²) in [7, 11) is 0. The standard InChI is InChI=1S/C43H52NO3.C27H34O3.C14H16N.Pt/c1-5-17-35(18-6-2)40-19-16-20-41-39(30-31-44-43(40)41)36-24-22-33(23-25-36)34-26-28-38(29-27-34)46-32-15-13-11-9-10-12-14-21-42(45)47-37(7-3)8-4;1-3-25(4-2)30-27(28)17-13-8-6-5-7-9-14-22-29-26-20-18-24(19-21-26)23-15-11-10-12-16-23;1-10(2)13-9-11(3)8-12-6-5-7-15(4)14(12)13;/h7-8,16,19-20,22-31,37H,3-6,9-15,17-18,21,32H2,1-2H3;3-4,10-12,15-16,18-21,25H,1-2,5-9,13-14,17,22H2;5-9H,4H2,1-3H3;/q-1;;-1;. The number of aryl methyl sites for hydroxylation is 1. The van der Waals surface area contributed by atoms with E-state index < -0.39 is 0 Å². The van der Waals surface area contributed by atoms with E-state index >= 15 is 0 Å². The Hall–Kier alpha value is -8.06. The van der Waals surface area contributed by atoms with Crippen LogP contribution in [0.15, 0.2) is 202 Å². The molecular weight excluding hydrogens is 1330 g/mol. The number of hydrogen-bond acceptors (Lipinski definition) is 7. The first kappa shape index (κ1) is 75.7. The maximum absolute atomic E-state index is 11.8. The molecule has 8 nitrogen and oxygen atoms in total. The molecule has 0 bridgehead atoms. The van der Waals surface area contributed by atoms with Crippen LogP contribution in [0.3, 0.4) is 0 Å². The van der Waals surface area contributed by atoms with Crippen LogP contribution < -0.4 is 9.47 Å². The first-order chi connectivity index (χ1) is 44.9. The summed E-state index contributed by atoms with van der Waals surface area (Å²) in [6.45, 7) is 32.9. The minimum atomic E-state index is -0.387. The molecule has 0 aliphatic carbocycles. The number of rotatable bonds is 37. The zero-order valence-electron chi connectivity index (χ0n) is 56.3. The molecule has 1 aromatic heterocycles. The zero-order chi connectivity index (χ0) is 65.7. The third-order valence-corrected chi connectivity index (χ3v) is 16.3. The van der Waals surface area contributed by atoms with Crippen molar-refractivity contribution in [3.05, 3.63) is 243 Å². The number of hydrogen-bond donors (Lipinski definition) is 0. The molecule has 9 heteroatoms. The average Bonchev–Trinajstić information content (AvgIpc) is 0.966. The minimum absolute atomic E-state index is 0. The number of para-hydroxylation sites is 1. The van der Waals surface area contributed by atoms with Gasteiger partial charge in [0, 0.05) is 40.1 Å². The smallest absolute Gasteiger partial charge is 0.306 e. The normalized spacial score (nSPS) is 11.2. The van der Waals surface area contributed by atoms with E-state index in [1.807, 2.05) is 41.6 Å². The number of ether oxygens (including phenoxy) is 4. The average molecular weight is 1430 g/mol. The molecule has 0 N–H and O–H groups in total. The molecule has 0 spiro atoms. The first-order valence-corrected chi connectivity index (χ1v) is 33.7. The second-order valence-corrected chi connectivity index (χ2v) is 23.9. The molecular formula is C84H102N2O6Pt-2. The number of benzene rings is 6. The quantitative estimate of drug-likeness (QED) is 0.0126. The van der Waals surface area contributed by atoms with Crippen molar-refractivity contribution in [2.75, 3.05) is 13.2 Å². The Bertz CT molecular complexity index is 3380. The molecule has 93 heavy (non-hydrogen) atoms. The summed E-state index contributed by atoms with van der Waals surface area (Å²) in [4.78, 5) is 28.3. The fraction of sp³-hybridized carbons (Fsp3) is 0.345.